The number of nitrogens with one attached hydrogen (secondary N) is 2. The first-order valence-electron chi connectivity index (χ1n) is 7.19. The number of pyridine rings is 1. The van der Waals surface area contributed by atoms with Crippen molar-refractivity contribution in [3.63, 3.8) is 0 Å². The molecule has 0 fully saturated rings. The predicted octanol–water partition coefficient (Wildman–Crippen LogP) is 1.82. The van der Waals surface area contributed by atoms with Gasteiger partial charge in [-0.25, -0.2) is 8.42 Å². The quantitative estimate of drug-likeness (QED) is 0.805. The zero-order valence-electron chi connectivity index (χ0n) is 12.3. The van der Waals surface area contributed by atoms with E-state index in [1.807, 2.05) is 6.07 Å². The van der Waals surface area contributed by atoms with Crippen molar-refractivity contribution in [2.75, 3.05) is 11.3 Å². The Hall–Kier alpha value is -2.13. The molecule has 124 valence electrons. The molecule has 3 heterocycles. The number of amides is 1. The summed E-state index contributed by atoms with van der Waals surface area (Å²) in [6.45, 7) is 0.809. The minimum atomic E-state index is -3.87. The highest BCUT2D eigenvalue weighted by Crippen LogP contribution is 2.36. The van der Waals surface area contributed by atoms with Gasteiger partial charge in [0.2, 0.25) is 0 Å². The molecule has 0 spiro atoms. The molecule has 7 nitrogen and oxygen atoms in total. The van der Waals surface area contributed by atoms with E-state index in [-0.39, 0.29) is 16.5 Å². The topological polar surface area (TPSA) is 97.4 Å². The van der Waals surface area contributed by atoms with Crippen molar-refractivity contribution in [2.24, 2.45) is 0 Å². The summed E-state index contributed by atoms with van der Waals surface area (Å²) in [5, 5.41) is 2.64. The van der Waals surface area contributed by atoms with Gasteiger partial charge in [0.25, 0.3) is 15.9 Å². The minimum absolute atomic E-state index is 0.0642. The van der Waals surface area contributed by atoms with Gasteiger partial charge in [0.05, 0.1) is 36.3 Å². The van der Waals surface area contributed by atoms with E-state index in [0.29, 0.717) is 41.1 Å². The van der Waals surface area contributed by atoms with Crippen LogP contribution in [0.3, 0.4) is 0 Å². The van der Waals surface area contributed by atoms with E-state index in [4.69, 9.17) is 4.74 Å². The maximum Gasteiger partial charge on any atom is 0.265 e. The third-order valence-electron chi connectivity index (χ3n) is 3.89. The second-order valence-corrected chi connectivity index (χ2v) is 8.06. The molecule has 2 aliphatic heterocycles. The van der Waals surface area contributed by atoms with Crippen LogP contribution < -0.4 is 14.8 Å². The van der Waals surface area contributed by atoms with E-state index < -0.39 is 10.0 Å². The number of carbonyl (C=O) groups is 1. The largest absolute Gasteiger partial charge is 0.492 e. The fourth-order valence-corrected chi connectivity index (χ4v) is 4.70. The normalized spacial score (nSPS) is 15.5. The zero-order chi connectivity index (χ0) is 16.9. The highest BCUT2D eigenvalue weighted by Gasteiger charge is 2.27. The lowest BCUT2D eigenvalue weighted by atomic mass is 10.2. The van der Waals surface area contributed by atoms with Gasteiger partial charge in [0.15, 0.2) is 0 Å². The van der Waals surface area contributed by atoms with Gasteiger partial charge in [-0.05, 0) is 18.2 Å². The second kappa shape index (κ2) is 5.45. The molecule has 2 aromatic rings. The van der Waals surface area contributed by atoms with Crippen LogP contribution in [0.1, 0.15) is 21.6 Å². The summed E-state index contributed by atoms with van der Waals surface area (Å²) in [7, 11) is -3.87. The Morgan fingerprint density at radius 3 is 2.96 bits per heavy atom. The van der Waals surface area contributed by atoms with Crippen LogP contribution in [0.25, 0.3) is 0 Å². The standard InChI is InChI=1S/C15H12BrN3O4S/c16-9-3-8-1-2-23-14(8)13(4-9)24(21,22)19-10-5-11-12(17-6-10)7-18-15(11)20/h3-6,19H,1-2,7H2,(H,18,20). The van der Waals surface area contributed by atoms with Crippen molar-refractivity contribution < 1.29 is 17.9 Å². The van der Waals surface area contributed by atoms with Gasteiger partial charge in [0, 0.05) is 16.5 Å². The number of aromatic nitrogens is 1. The lowest BCUT2D eigenvalue weighted by Gasteiger charge is -2.12. The van der Waals surface area contributed by atoms with Crippen LogP contribution in [0, 0.1) is 0 Å². The molecule has 1 aromatic heterocycles. The minimum Gasteiger partial charge on any atom is -0.492 e. The molecule has 9 heteroatoms. The second-order valence-electron chi connectivity index (χ2n) is 5.50. The van der Waals surface area contributed by atoms with Gasteiger partial charge >= 0.3 is 0 Å². The van der Waals surface area contributed by atoms with Gasteiger partial charge in [-0.3, -0.25) is 14.5 Å². The van der Waals surface area contributed by atoms with Crippen LogP contribution in [-0.2, 0) is 23.0 Å². The van der Waals surface area contributed by atoms with E-state index in [9.17, 15) is 13.2 Å². The molecule has 0 saturated carbocycles. The van der Waals surface area contributed by atoms with Gasteiger partial charge in [0.1, 0.15) is 10.6 Å². The number of nitrogens with zero attached hydrogens (tertiary/aromatic N) is 1. The lowest BCUT2D eigenvalue weighted by Crippen LogP contribution is -2.15. The Morgan fingerprint density at radius 2 is 2.12 bits per heavy atom. The number of rotatable bonds is 3. The van der Waals surface area contributed by atoms with Crippen LogP contribution in [0.5, 0.6) is 5.75 Å². The van der Waals surface area contributed by atoms with Crippen molar-refractivity contribution in [3.05, 3.63) is 45.7 Å². The van der Waals surface area contributed by atoms with Crippen molar-refractivity contribution in [2.45, 2.75) is 17.9 Å². The average molecular weight is 410 g/mol. The molecule has 1 amide bonds. The van der Waals surface area contributed by atoms with Crippen LogP contribution in [0.15, 0.2) is 33.8 Å². The van der Waals surface area contributed by atoms with Crippen molar-refractivity contribution in [1.82, 2.24) is 10.3 Å². The molecular weight excluding hydrogens is 398 g/mol. The molecule has 0 unspecified atom stereocenters. The Morgan fingerprint density at radius 1 is 1.29 bits per heavy atom. The molecule has 0 saturated heterocycles. The number of hydrogen-bond acceptors (Lipinski definition) is 5. The van der Waals surface area contributed by atoms with E-state index in [1.165, 1.54) is 18.3 Å². The Bertz CT molecular complexity index is 975. The first kappa shape index (κ1) is 15.4. The third-order valence-corrected chi connectivity index (χ3v) is 5.73. The first-order chi connectivity index (χ1) is 11.4. The molecule has 2 N–H and O–H groups in total. The van der Waals surface area contributed by atoms with Crippen molar-refractivity contribution in [3.8, 4) is 5.75 Å². The molecule has 0 radical (unpaired) electrons. The first-order valence-corrected chi connectivity index (χ1v) is 9.47. The van der Waals surface area contributed by atoms with E-state index >= 15 is 0 Å². The van der Waals surface area contributed by atoms with Gasteiger partial charge in [-0.15, -0.1) is 0 Å². The molecule has 2 aliphatic rings. The van der Waals surface area contributed by atoms with Gasteiger partial charge in [-0.2, -0.15) is 0 Å². The van der Waals surface area contributed by atoms with Gasteiger partial charge < -0.3 is 10.1 Å². The highest BCUT2D eigenvalue weighted by atomic mass is 79.9. The summed E-state index contributed by atoms with van der Waals surface area (Å²) in [6.07, 6.45) is 2.06. The lowest BCUT2D eigenvalue weighted by molar-refractivity contribution is 0.0965. The number of hydrogen-bond donors (Lipinski definition) is 2. The molecule has 4 rings (SSSR count). The van der Waals surface area contributed by atoms with Crippen molar-refractivity contribution in [1.29, 1.82) is 0 Å². The van der Waals surface area contributed by atoms with Crippen LogP contribution >= 0.6 is 15.9 Å². The third kappa shape index (κ3) is 2.53. The van der Waals surface area contributed by atoms with Crippen LogP contribution in [-0.4, -0.2) is 25.9 Å². The molecule has 24 heavy (non-hydrogen) atoms. The number of sulfonamides is 1. The summed E-state index contributed by atoms with van der Waals surface area (Å²) in [5.74, 6) is 0.114. The number of ether oxygens (including phenoxy) is 1. The number of halogens is 1. The number of fused-ring (bicyclic) bond motifs is 2. The van der Waals surface area contributed by atoms with Crippen molar-refractivity contribution >= 4 is 37.5 Å². The Kier molecular flexibility index (Phi) is 3.50. The summed E-state index contributed by atoms with van der Waals surface area (Å²) < 4.78 is 34.1. The maximum atomic E-state index is 12.8. The number of anilines is 1. The summed E-state index contributed by atoms with van der Waals surface area (Å²) >= 11 is 3.33. The molecule has 0 aliphatic carbocycles. The maximum absolute atomic E-state index is 12.8. The summed E-state index contributed by atoms with van der Waals surface area (Å²) in [4.78, 5) is 15.9. The molecular formula is C15H12BrN3O4S. The fraction of sp³-hybridized carbons (Fsp3) is 0.200. The smallest absolute Gasteiger partial charge is 0.265 e. The van der Waals surface area contributed by atoms with E-state index in [0.717, 1.165) is 5.56 Å². The predicted molar refractivity (Wildman–Crippen MR) is 89.6 cm³/mol. The SMILES string of the molecule is O=C1NCc2ncc(NS(=O)(=O)c3cc(Br)cc4c3OCC4)cc21. The molecule has 0 atom stereocenters. The average Bonchev–Trinajstić information content (AvgIpc) is 3.13. The van der Waals surface area contributed by atoms with E-state index in [2.05, 4.69) is 31.0 Å². The highest BCUT2D eigenvalue weighted by molar-refractivity contribution is 9.10. The monoisotopic (exact) mass is 409 g/mol. The summed E-state index contributed by atoms with van der Waals surface area (Å²) in [6, 6.07) is 4.84. The Labute approximate surface area is 146 Å². The van der Waals surface area contributed by atoms with Crippen LogP contribution in [0.4, 0.5) is 5.69 Å². The Balaban J connectivity index is 1.73. The van der Waals surface area contributed by atoms with Crippen LogP contribution in [0.2, 0.25) is 0 Å². The van der Waals surface area contributed by atoms with E-state index in [1.54, 1.807) is 0 Å². The number of carbonyl (C=O) groups excluding carboxylic acids is 1. The summed E-state index contributed by atoms with van der Waals surface area (Å²) in [5.41, 5.74) is 2.06. The van der Waals surface area contributed by atoms with Gasteiger partial charge in [-0.1, -0.05) is 15.9 Å². The fourth-order valence-electron chi connectivity index (χ4n) is 2.79. The number of benzene rings is 1. The molecule has 0 bridgehead atoms. The zero-order valence-corrected chi connectivity index (χ0v) is 14.7. The molecule has 1 aromatic carbocycles.